The van der Waals surface area contributed by atoms with Gasteiger partial charge in [0.2, 0.25) is 11.7 Å². The highest BCUT2D eigenvalue weighted by molar-refractivity contribution is 6.09. The van der Waals surface area contributed by atoms with E-state index in [2.05, 4.69) is 11.9 Å². The van der Waals surface area contributed by atoms with Crippen molar-refractivity contribution in [2.24, 2.45) is 5.92 Å². The Labute approximate surface area is 181 Å². The van der Waals surface area contributed by atoms with Gasteiger partial charge in [0.15, 0.2) is 6.61 Å². The molecular formula is C25H26N2O4. The molecular weight excluding hydrogens is 392 g/mol. The summed E-state index contributed by atoms with van der Waals surface area (Å²) in [6.07, 6.45) is 3.42. The number of ketones is 1. The Morgan fingerprint density at radius 1 is 1.06 bits per heavy atom. The molecule has 0 spiro atoms. The van der Waals surface area contributed by atoms with E-state index in [1.54, 1.807) is 11.1 Å². The van der Waals surface area contributed by atoms with Gasteiger partial charge in [-0.3, -0.25) is 14.4 Å². The van der Waals surface area contributed by atoms with Gasteiger partial charge < -0.3 is 14.6 Å². The number of benzene rings is 2. The standard InChI is InChI=1S/C25H26N2O4/c1-3-16-8-5-6-11-21(16)27-14-18(12-23(27)29)25(30)31-15-22(28)20-13-26-24-17(4-2)9-7-10-19(20)24/h5-11,13,18,26H,3-4,12,14-15H2,1-2H3/t18-/m1/s1. The molecule has 160 valence electrons. The molecule has 1 amide bonds. The molecule has 1 aliphatic heterocycles. The van der Waals surface area contributed by atoms with Crippen LogP contribution in [-0.4, -0.2) is 35.8 Å². The van der Waals surface area contributed by atoms with E-state index in [9.17, 15) is 14.4 Å². The largest absolute Gasteiger partial charge is 0.457 e. The van der Waals surface area contributed by atoms with Crippen molar-refractivity contribution in [3.8, 4) is 0 Å². The number of Topliss-reactive ketones (excluding diaryl/α,β-unsaturated/α-hetero) is 1. The number of hydrogen-bond donors (Lipinski definition) is 1. The minimum Gasteiger partial charge on any atom is -0.457 e. The number of para-hydroxylation sites is 2. The first kappa shape index (κ1) is 20.8. The fourth-order valence-electron chi connectivity index (χ4n) is 4.25. The molecule has 0 aliphatic carbocycles. The van der Waals surface area contributed by atoms with Gasteiger partial charge in [0.1, 0.15) is 0 Å². The van der Waals surface area contributed by atoms with Crippen LogP contribution in [0.2, 0.25) is 0 Å². The van der Waals surface area contributed by atoms with Crippen LogP contribution in [-0.2, 0) is 27.2 Å². The lowest BCUT2D eigenvalue weighted by atomic mass is 10.1. The topological polar surface area (TPSA) is 79.5 Å². The predicted molar refractivity (Wildman–Crippen MR) is 119 cm³/mol. The molecule has 1 saturated heterocycles. The number of hydrogen-bond acceptors (Lipinski definition) is 4. The van der Waals surface area contributed by atoms with Crippen molar-refractivity contribution in [1.82, 2.24) is 4.98 Å². The van der Waals surface area contributed by atoms with Crippen molar-refractivity contribution in [3.05, 3.63) is 65.4 Å². The predicted octanol–water partition coefficient (Wildman–Crippen LogP) is 4.07. The van der Waals surface area contributed by atoms with Gasteiger partial charge in [0.05, 0.1) is 5.92 Å². The van der Waals surface area contributed by atoms with Gasteiger partial charge in [-0.05, 0) is 30.0 Å². The van der Waals surface area contributed by atoms with Gasteiger partial charge >= 0.3 is 5.97 Å². The van der Waals surface area contributed by atoms with E-state index < -0.39 is 11.9 Å². The van der Waals surface area contributed by atoms with E-state index in [0.29, 0.717) is 5.56 Å². The first-order chi connectivity index (χ1) is 15.0. The van der Waals surface area contributed by atoms with Crippen molar-refractivity contribution in [2.45, 2.75) is 33.1 Å². The zero-order valence-electron chi connectivity index (χ0n) is 17.8. The average molecular weight is 418 g/mol. The smallest absolute Gasteiger partial charge is 0.311 e. The third kappa shape index (κ3) is 3.98. The van der Waals surface area contributed by atoms with Gasteiger partial charge in [-0.1, -0.05) is 50.2 Å². The van der Waals surface area contributed by atoms with Crippen LogP contribution in [0.25, 0.3) is 10.9 Å². The maximum atomic E-state index is 12.7. The first-order valence-electron chi connectivity index (χ1n) is 10.7. The number of aromatic nitrogens is 1. The number of fused-ring (bicyclic) bond motifs is 1. The number of aromatic amines is 1. The molecule has 1 fully saturated rings. The third-order valence-corrected chi connectivity index (χ3v) is 5.95. The highest BCUT2D eigenvalue weighted by Gasteiger charge is 2.37. The molecule has 1 atom stereocenters. The number of nitrogens with zero attached hydrogens (tertiary/aromatic N) is 1. The number of carbonyl (C=O) groups is 3. The summed E-state index contributed by atoms with van der Waals surface area (Å²) < 4.78 is 5.32. The summed E-state index contributed by atoms with van der Waals surface area (Å²) in [5.41, 5.74) is 4.48. The van der Waals surface area contributed by atoms with Gasteiger partial charge in [-0.2, -0.15) is 0 Å². The average Bonchev–Trinajstić information content (AvgIpc) is 3.40. The van der Waals surface area contributed by atoms with E-state index >= 15 is 0 Å². The summed E-state index contributed by atoms with van der Waals surface area (Å²) in [5.74, 6) is -1.43. The summed E-state index contributed by atoms with van der Waals surface area (Å²) in [6, 6.07) is 13.5. The highest BCUT2D eigenvalue weighted by Crippen LogP contribution is 2.29. The van der Waals surface area contributed by atoms with E-state index in [4.69, 9.17) is 4.74 Å². The van der Waals surface area contributed by atoms with E-state index in [1.165, 1.54) is 0 Å². The van der Waals surface area contributed by atoms with E-state index in [1.807, 2.05) is 49.4 Å². The van der Waals surface area contributed by atoms with E-state index in [0.717, 1.165) is 40.6 Å². The Hall–Kier alpha value is -3.41. The number of aryl methyl sites for hydroxylation is 2. The number of ether oxygens (including phenoxy) is 1. The summed E-state index contributed by atoms with van der Waals surface area (Å²) in [7, 11) is 0. The normalized spacial score (nSPS) is 16.1. The minimum atomic E-state index is -0.570. The highest BCUT2D eigenvalue weighted by atomic mass is 16.5. The van der Waals surface area contributed by atoms with Crippen molar-refractivity contribution in [3.63, 3.8) is 0 Å². The van der Waals surface area contributed by atoms with Crippen LogP contribution in [0.4, 0.5) is 5.69 Å². The van der Waals surface area contributed by atoms with Crippen LogP contribution in [0.5, 0.6) is 0 Å². The second-order valence-corrected chi connectivity index (χ2v) is 7.81. The summed E-state index contributed by atoms with van der Waals surface area (Å²) in [4.78, 5) is 42.6. The molecule has 1 aliphatic rings. The lowest BCUT2D eigenvalue weighted by Crippen LogP contribution is -2.28. The number of carbonyl (C=O) groups excluding carboxylic acids is 3. The number of H-pyrrole nitrogens is 1. The molecule has 0 bridgehead atoms. The van der Waals surface area contributed by atoms with Crippen molar-refractivity contribution in [1.29, 1.82) is 0 Å². The maximum Gasteiger partial charge on any atom is 0.311 e. The van der Waals surface area contributed by atoms with Gasteiger partial charge in [-0.25, -0.2) is 0 Å². The molecule has 1 N–H and O–H groups in total. The Bertz CT molecular complexity index is 1150. The summed E-state index contributed by atoms with van der Waals surface area (Å²) in [5, 5.41) is 0.832. The molecule has 6 heteroatoms. The molecule has 6 nitrogen and oxygen atoms in total. The molecule has 3 aromatic rings. The second kappa shape index (κ2) is 8.76. The molecule has 0 unspecified atom stereocenters. The van der Waals surface area contributed by atoms with Crippen LogP contribution in [0.15, 0.2) is 48.7 Å². The Morgan fingerprint density at radius 3 is 2.58 bits per heavy atom. The Balaban J connectivity index is 1.41. The van der Waals surface area contributed by atoms with E-state index in [-0.39, 0.29) is 31.3 Å². The lowest BCUT2D eigenvalue weighted by molar-refractivity contribution is -0.147. The SMILES string of the molecule is CCc1ccccc1N1C[C@H](C(=O)OCC(=O)c2c[nH]c3c(CC)cccc23)CC1=O. The molecule has 2 heterocycles. The van der Waals surface area contributed by atoms with Gasteiger partial charge in [0.25, 0.3) is 0 Å². The van der Waals surface area contributed by atoms with Crippen molar-refractivity contribution < 1.29 is 19.1 Å². The zero-order valence-corrected chi connectivity index (χ0v) is 17.8. The molecule has 0 radical (unpaired) electrons. The Morgan fingerprint density at radius 2 is 1.81 bits per heavy atom. The molecule has 31 heavy (non-hydrogen) atoms. The number of nitrogens with one attached hydrogen (secondary N) is 1. The number of anilines is 1. The van der Waals surface area contributed by atoms with Crippen LogP contribution in [0.3, 0.4) is 0 Å². The fourth-order valence-corrected chi connectivity index (χ4v) is 4.25. The maximum absolute atomic E-state index is 12.7. The minimum absolute atomic E-state index is 0.0953. The van der Waals surface area contributed by atoms with Gasteiger partial charge in [-0.15, -0.1) is 0 Å². The first-order valence-corrected chi connectivity index (χ1v) is 10.7. The third-order valence-electron chi connectivity index (χ3n) is 5.95. The monoisotopic (exact) mass is 418 g/mol. The molecule has 1 aromatic heterocycles. The summed E-state index contributed by atoms with van der Waals surface area (Å²) in [6.45, 7) is 4.03. The zero-order chi connectivity index (χ0) is 22.0. The fraction of sp³-hybridized carbons (Fsp3) is 0.320. The van der Waals surface area contributed by atoms with Crippen molar-refractivity contribution >= 4 is 34.3 Å². The quantitative estimate of drug-likeness (QED) is 0.463. The van der Waals surface area contributed by atoms with Crippen LogP contribution in [0.1, 0.15) is 41.8 Å². The number of amides is 1. The number of esters is 1. The number of rotatable bonds is 7. The Kier molecular flexibility index (Phi) is 5.89. The van der Waals surface area contributed by atoms with Gasteiger partial charge in [0, 0.05) is 41.3 Å². The second-order valence-electron chi connectivity index (χ2n) is 7.81. The lowest BCUT2D eigenvalue weighted by Gasteiger charge is -2.19. The van der Waals surface area contributed by atoms with Crippen LogP contribution < -0.4 is 4.90 Å². The molecule has 2 aromatic carbocycles. The van der Waals surface area contributed by atoms with Crippen molar-refractivity contribution in [2.75, 3.05) is 18.1 Å². The van der Waals surface area contributed by atoms with Crippen LogP contribution >= 0.6 is 0 Å². The molecule has 4 rings (SSSR count). The summed E-state index contributed by atoms with van der Waals surface area (Å²) >= 11 is 0. The van der Waals surface area contributed by atoms with Crippen LogP contribution in [0, 0.1) is 5.92 Å². The molecule has 0 saturated carbocycles.